The molecule has 0 N–H and O–H groups in total. The topological polar surface area (TPSA) is 43.4 Å². The molecule has 0 heterocycles. The molecule has 0 saturated heterocycles. The van der Waals surface area contributed by atoms with Crippen molar-refractivity contribution in [2.75, 3.05) is 12.9 Å². The zero-order chi connectivity index (χ0) is 11.3. The second-order valence-corrected chi connectivity index (χ2v) is 6.14. The molecule has 84 valence electrons. The normalized spacial score (nSPS) is 11.6. The van der Waals surface area contributed by atoms with Crippen LogP contribution >= 0.6 is 10.7 Å². The smallest absolute Gasteiger partial charge is 0.232 e. The lowest BCUT2D eigenvalue weighted by molar-refractivity contribution is 0.185. The van der Waals surface area contributed by atoms with Crippen molar-refractivity contribution in [2.45, 2.75) is 13.0 Å². The molecule has 3 nitrogen and oxygen atoms in total. The summed E-state index contributed by atoms with van der Waals surface area (Å²) >= 11 is 0. The van der Waals surface area contributed by atoms with Crippen LogP contribution in [0.2, 0.25) is 0 Å². The summed E-state index contributed by atoms with van der Waals surface area (Å²) in [6.45, 7) is 0.529. The Morgan fingerprint density at radius 3 is 2.60 bits per heavy atom. The van der Waals surface area contributed by atoms with E-state index in [1.165, 1.54) is 0 Å². The van der Waals surface area contributed by atoms with Gasteiger partial charge in [-0.3, -0.25) is 0 Å². The van der Waals surface area contributed by atoms with Crippen LogP contribution in [0.3, 0.4) is 0 Å². The van der Waals surface area contributed by atoms with Gasteiger partial charge in [0.15, 0.2) is 0 Å². The number of rotatable bonds is 5. The van der Waals surface area contributed by atoms with Crippen LogP contribution in [-0.4, -0.2) is 21.3 Å². The van der Waals surface area contributed by atoms with Crippen molar-refractivity contribution in [1.29, 1.82) is 0 Å². The second kappa shape index (κ2) is 5.49. The van der Waals surface area contributed by atoms with E-state index in [0.29, 0.717) is 13.0 Å². The Labute approximate surface area is 94.4 Å². The van der Waals surface area contributed by atoms with Crippen molar-refractivity contribution in [3.05, 3.63) is 35.4 Å². The minimum Gasteiger partial charge on any atom is -0.380 e. The van der Waals surface area contributed by atoms with Crippen LogP contribution < -0.4 is 0 Å². The third-order valence-electron chi connectivity index (χ3n) is 1.94. The van der Waals surface area contributed by atoms with Gasteiger partial charge in [-0.05, 0) is 17.5 Å². The van der Waals surface area contributed by atoms with Crippen LogP contribution in [0.25, 0.3) is 0 Å². The second-order valence-electron chi connectivity index (χ2n) is 3.25. The minimum absolute atomic E-state index is 0.0367. The van der Waals surface area contributed by atoms with Crippen molar-refractivity contribution < 1.29 is 13.2 Å². The van der Waals surface area contributed by atoms with E-state index < -0.39 is 9.05 Å². The Balaban J connectivity index is 2.65. The predicted molar refractivity (Wildman–Crippen MR) is 60.5 cm³/mol. The molecule has 0 bridgehead atoms. The highest BCUT2D eigenvalue weighted by Crippen LogP contribution is 2.09. The molecule has 1 aromatic rings. The maximum Gasteiger partial charge on any atom is 0.232 e. The molecule has 0 unspecified atom stereocenters. The van der Waals surface area contributed by atoms with Crippen LogP contribution in [0.15, 0.2) is 24.3 Å². The van der Waals surface area contributed by atoms with E-state index in [0.717, 1.165) is 11.1 Å². The van der Waals surface area contributed by atoms with Gasteiger partial charge in [-0.15, -0.1) is 0 Å². The molecule has 0 saturated carbocycles. The van der Waals surface area contributed by atoms with E-state index in [2.05, 4.69) is 0 Å². The lowest BCUT2D eigenvalue weighted by Crippen LogP contribution is -2.01. The number of ether oxygens (including phenoxy) is 1. The molecule has 5 heteroatoms. The summed E-state index contributed by atoms with van der Waals surface area (Å²) in [4.78, 5) is 0. The summed E-state index contributed by atoms with van der Waals surface area (Å²) in [6.07, 6.45) is 0.434. The van der Waals surface area contributed by atoms with Crippen molar-refractivity contribution >= 4 is 19.7 Å². The number of benzene rings is 1. The number of aryl methyl sites for hydroxylation is 1. The molecule has 0 atom stereocenters. The zero-order valence-corrected chi connectivity index (χ0v) is 10.0. The van der Waals surface area contributed by atoms with Crippen LogP contribution in [0, 0.1) is 0 Å². The standard InChI is InChI=1S/C10H13ClO3S/c1-14-8-10-4-2-3-9(7-10)5-6-15(11,12)13/h2-4,7H,5-6,8H2,1H3. The summed E-state index contributed by atoms with van der Waals surface area (Å²) in [5.41, 5.74) is 1.98. The Kier molecular flexibility index (Phi) is 4.57. The van der Waals surface area contributed by atoms with Crippen LogP contribution in [0.5, 0.6) is 0 Å². The molecular weight excluding hydrogens is 236 g/mol. The molecular formula is C10H13ClO3S. The van der Waals surface area contributed by atoms with Crippen LogP contribution in [-0.2, 0) is 26.8 Å². The first-order valence-corrected chi connectivity index (χ1v) is 6.98. The molecule has 15 heavy (non-hydrogen) atoms. The summed E-state index contributed by atoms with van der Waals surface area (Å²) in [5, 5.41) is 0. The van der Waals surface area contributed by atoms with Gasteiger partial charge in [-0.2, -0.15) is 0 Å². The summed E-state index contributed by atoms with van der Waals surface area (Å²) in [5.74, 6) is -0.0367. The molecule has 0 fully saturated rings. The number of methoxy groups -OCH3 is 1. The molecule has 0 aromatic heterocycles. The van der Waals surface area contributed by atoms with Gasteiger partial charge in [0.1, 0.15) is 0 Å². The van der Waals surface area contributed by atoms with E-state index in [-0.39, 0.29) is 5.75 Å². The van der Waals surface area contributed by atoms with E-state index in [1.807, 2.05) is 24.3 Å². The lowest BCUT2D eigenvalue weighted by Gasteiger charge is -2.03. The van der Waals surface area contributed by atoms with E-state index in [1.54, 1.807) is 7.11 Å². The predicted octanol–water partition coefficient (Wildman–Crippen LogP) is 1.94. The van der Waals surface area contributed by atoms with Gasteiger partial charge in [0, 0.05) is 17.8 Å². The van der Waals surface area contributed by atoms with Gasteiger partial charge in [0.25, 0.3) is 0 Å². The van der Waals surface area contributed by atoms with Crippen LogP contribution in [0.1, 0.15) is 11.1 Å². The quantitative estimate of drug-likeness (QED) is 0.748. The number of hydrogen-bond donors (Lipinski definition) is 0. The summed E-state index contributed by atoms with van der Waals surface area (Å²) in [6, 6.07) is 7.61. The summed E-state index contributed by atoms with van der Waals surface area (Å²) < 4.78 is 26.5. The Bertz CT molecular complexity index is 414. The van der Waals surface area contributed by atoms with E-state index in [4.69, 9.17) is 15.4 Å². The average molecular weight is 249 g/mol. The lowest BCUT2D eigenvalue weighted by atomic mass is 10.1. The van der Waals surface area contributed by atoms with Gasteiger partial charge in [-0.25, -0.2) is 8.42 Å². The zero-order valence-electron chi connectivity index (χ0n) is 8.44. The first kappa shape index (κ1) is 12.5. The van der Waals surface area contributed by atoms with Crippen molar-refractivity contribution in [3.8, 4) is 0 Å². The molecule has 0 aliphatic heterocycles. The minimum atomic E-state index is -3.41. The maximum atomic E-state index is 10.8. The highest BCUT2D eigenvalue weighted by molar-refractivity contribution is 8.13. The van der Waals surface area contributed by atoms with Gasteiger partial charge >= 0.3 is 0 Å². The fraction of sp³-hybridized carbons (Fsp3) is 0.400. The monoisotopic (exact) mass is 248 g/mol. The van der Waals surface area contributed by atoms with Crippen molar-refractivity contribution in [3.63, 3.8) is 0 Å². The third-order valence-corrected chi connectivity index (χ3v) is 3.09. The number of hydrogen-bond acceptors (Lipinski definition) is 3. The SMILES string of the molecule is COCc1cccc(CCS(=O)(=O)Cl)c1. The first-order valence-electron chi connectivity index (χ1n) is 4.50. The van der Waals surface area contributed by atoms with Gasteiger partial charge in [0.05, 0.1) is 12.4 Å². The highest BCUT2D eigenvalue weighted by atomic mass is 35.7. The van der Waals surface area contributed by atoms with Gasteiger partial charge in [0.2, 0.25) is 9.05 Å². The van der Waals surface area contributed by atoms with Crippen molar-refractivity contribution in [2.24, 2.45) is 0 Å². The highest BCUT2D eigenvalue weighted by Gasteiger charge is 2.05. The first-order chi connectivity index (χ1) is 7.01. The molecule has 0 radical (unpaired) electrons. The Morgan fingerprint density at radius 1 is 1.33 bits per heavy atom. The number of halogens is 1. The van der Waals surface area contributed by atoms with Gasteiger partial charge in [-0.1, -0.05) is 24.3 Å². The largest absolute Gasteiger partial charge is 0.380 e. The third kappa shape index (κ3) is 5.16. The molecule has 0 amide bonds. The van der Waals surface area contributed by atoms with E-state index in [9.17, 15) is 8.42 Å². The molecule has 0 aliphatic carbocycles. The average Bonchev–Trinajstić information content (AvgIpc) is 2.15. The Morgan fingerprint density at radius 2 is 2.00 bits per heavy atom. The van der Waals surface area contributed by atoms with E-state index >= 15 is 0 Å². The maximum absolute atomic E-state index is 10.8. The van der Waals surface area contributed by atoms with Gasteiger partial charge < -0.3 is 4.74 Å². The molecule has 1 aromatic carbocycles. The van der Waals surface area contributed by atoms with Crippen molar-refractivity contribution in [1.82, 2.24) is 0 Å². The Hall–Kier alpha value is -0.580. The fourth-order valence-electron chi connectivity index (χ4n) is 1.28. The molecule has 0 spiro atoms. The molecule has 0 aliphatic rings. The summed E-state index contributed by atoms with van der Waals surface area (Å²) in [7, 11) is 3.35. The molecule has 1 rings (SSSR count). The fourth-order valence-corrected chi connectivity index (χ4v) is 1.99. The van der Waals surface area contributed by atoms with Crippen LogP contribution in [0.4, 0.5) is 0 Å².